The first-order valence-electron chi connectivity index (χ1n) is 5.10. The third-order valence-electron chi connectivity index (χ3n) is 2.50. The van der Waals surface area contributed by atoms with Gasteiger partial charge in [0.05, 0.1) is 27.0 Å². The van der Waals surface area contributed by atoms with Crippen LogP contribution >= 0.6 is 0 Å². The van der Waals surface area contributed by atoms with Gasteiger partial charge in [0, 0.05) is 17.8 Å². The molecule has 0 bridgehead atoms. The lowest BCUT2D eigenvalue weighted by molar-refractivity contribution is 0.349. The molecule has 5 nitrogen and oxygen atoms in total. The summed E-state index contributed by atoms with van der Waals surface area (Å²) in [4.78, 5) is 0. The molecule has 0 fully saturated rings. The number of benzene rings is 1. The quantitative estimate of drug-likeness (QED) is 0.880. The Bertz CT molecular complexity index is 495. The molecule has 2 rings (SSSR count). The Hall–Kier alpha value is -2.17. The lowest BCUT2D eigenvalue weighted by Crippen LogP contribution is -1.95. The Morgan fingerprint density at radius 2 is 1.59 bits per heavy atom. The zero-order valence-electron chi connectivity index (χ0n) is 9.98. The summed E-state index contributed by atoms with van der Waals surface area (Å²) in [7, 11) is 4.80. The molecule has 0 aliphatic carbocycles. The molecule has 0 saturated carbocycles. The highest BCUT2D eigenvalue weighted by molar-refractivity contribution is 5.71. The molecular weight excluding hydrogens is 220 g/mol. The number of rotatable bonds is 4. The maximum Gasteiger partial charge on any atom is 0.164 e. The summed E-state index contributed by atoms with van der Waals surface area (Å²) >= 11 is 0. The molecule has 0 aliphatic rings. The number of methoxy groups -OCH3 is 3. The van der Waals surface area contributed by atoms with Gasteiger partial charge in [-0.15, -0.1) is 0 Å². The summed E-state index contributed by atoms with van der Waals surface area (Å²) in [5.41, 5.74) is 1.74. The molecule has 1 N–H and O–H groups in total. The molecule has 0 atom stereocenters. The Kier molecular flexibility index (Phi) is 3.18. The van der Waals surface area contributed by atoms with Gasteiger partial charge in [-0.1, -0.05) is 0 Å². The lowest BCUT2D eigenvalue weighted by Gasteiger charge is -2.13. The van der Waals surface area contributed by atoms with Gasteiger partial charge in [0.1, 0.15) is 5.75 Å². The van der Waals surface area contributed by atoms with E-state index in [1.54, 1.807) is 33.6 Å². The van der Waals surface area contributed by atoms with Gasteiger partial charge in [-0.05, 0) is 12.1 Å². The summed E-state index contributed by atoms with van der Waals surface area (Å²) in [5.74, 6) is 1.98. The van der Waals surface area contributed by atoms with Crippen molar-refractivity contribution < 1.29 is 14.2 Å². The first-order chi connectivity index (χ1) is 8.30. The normalized spacial score (nSPS) is 10.1. The SMILES string of the molecule is COc1cc(OC)c(-c2ccn[nH]2)cc1OC. The smallest absolute Gasteiger partial charge is 0.164 e. The molecular formula is C12H14N2O3. The third kappa shape index (κ3) is 2.04. The van der Waals surface area contributed by atoms with Gasteiger partial charge in [-0.3, -0.25) is 5.10 Å². The molecule has 2 aromatic rings. The number of aromatic nitrogens is 2. The fourth-order valence-corrected chi connectivity index (χ4v) is 1.65. The second-order valence-electron chi connectivity index (χ2n) is 3.38. The minimum Gasteiger partial charge on any atom is -0.496 e. The van der Waals surface area contributed by atoms with Crippen LogP contribution in [0.1, 0.15) is 0 Å². The van der Waals surface area contributed by atoms with Crippen LogP contribution in [0.15, 0.2) is 24.4 Å². The van der Waals surface area contributed by atoms with Crippen molar-refractivity contribution in [3.05, 3.63) is 24.4 Å². The second-order valence-corrected chi connectivity index (χ2v) is 3.38. The zero-order chi connectivity index (χ0) is 12.3. The van der Waals surface area contributed by atoms with Gasteiger partial charge in [0.2, 0.25) is 0 Å². The van der Waals surface area contributed by atoms with E-state index < -0.39 is 0 Å². The van der Waals surface area contributed by atoms with E-state index in [2.05, 4.69) is 10.2 Å². The summed E-state index contributed by atoms with van der Waals surface area (Å²) in [6, 6.07) is 5.50. The van der Waals surface area contributed by atoms with E-state index in [0.29, 0.717) is 17.2 Å². The summed E-state index contributed by atoms with van der Waals surface area (Å²) in [5, 5.41) is 6.81. The topological polar surface area (TPSA) is 56.4 Å². The van der Waals surface area contributed by atoms with Crippen LogP contribution < -0.4 is 14.2 Å². The van der Waals surface area contributed by atoms with Crippen molar-refractivity contribution in [2.45, 2.75) is 0 Å². The maximum absolute atomic E-state index is 5.33. The van der Waals surface area contributed by atoms with Crippen molar-refractivity contribution >= 4 is 0 Å². The maximum atomic E-state index is 5.33. The number of hydrogen-bond donors (Lipinski definition) is 1. The third-order valence-corrected chi connectivity index (χ3v) is 2.50. The van der Waals surface area contributed by atoms with Crippen LogP contribution in [0, 0.1) is 0 Å². The number of ether oxygens (including phenoxy) is 3. The minimum absolute atomic E-state index is 0.632. The monoisotopic (exact) mass is 234 g/mol. The minimum atomic E-state index is 0.632. The Balaban J connectivity index is 2.58. The van der Waals surface area contributed by atoms with Crippen molar-refractivity contribution in [2.24, 2.45) is 0 Å². The highest BCUT2D eigenvalue weighted by Gasteiger charge is 2.13. The van der Waals surface area contributed by atoms with Crippen molar-refractivity contribution in [1.29, 1.82) is 0 Å². The highest BCUT2D eigenvalue weighted by Crippen LogP contribution is 2.39. The van der Waals surface area contributed by atoms with Crippen molar-refractivity contribution in [3.8, 4) is 28.5 Å². The van der Waals surface area contributed by atoms with Gasteiger partial charge >= 0.3 is 0 Å². The number of aromatic amines is 1. The average molecular weight is 234 g/mol. The number of hydrogen-bond acceptors (Lipinski definition) is 4. The van der Waals surface area contributed by atoms with Crippen LogP contribution in [0.3, 0.4) is 0 Å². The molecule has 90 valence electrons. The van der Waals surface area contributed by atoms with E-state index in [1.165, 1.54) is 0 Å². The number of nitrogens with one attached hydrogen (secondary N) is 1. The van der Waals surface area contributed by atoms with Crippen LogP contribution in [0.4, 0.5) is 0 Å². The molecule has 0 aliphatic heterocycles. The van der Waals surface area contributed by atoms with E-state index in [9.17, 15) is 0 Å². The molecule has 17 heavy (non-hydrogen) atoms. The number of nitrogens with zero attached hydrogens (tertiary/aromatic N) is 1. The van der Waals surface area contributed by atoms with Crippen LogP contribution in [-0.2, 0) is 0 Å². The van der Waals surface area contributed by atoms with Gasteiger partial charge < -0.3 is 14.2 Å². The van der Waals surface area contributed by atoms with Crippen molar-refractivity contribution in [3.63, 3.8) is 0 Å². The average Bonchev–Trinajstić information content (AvgIpc) is 2.90. The molecule has 0 saturated heterocycles. The van der Waals surface area contributed by atoms with E-state index >= 15 is 0 Å². The molecule has 0 unspecified atom stereocenters. The Labute approximate surface area is 99.3 Å². The predicted molar refractivity (Wildman–Crippen MR) is 63.7 cm³/mol. The van der Waals surface area contributed by atoms with Crippen LogP contribution in [-0.4, -0.2) is 31.5 Å². The molecule has 0 radical (unpaired) electrons. The first kappa shape index (κ1) is 11.3. The molecule has 1 aromatic heterocycles. The van der Waals surface area contributed by atoms with Crippen molar-refractivity contribution in [1.82, 2.24) is 10.2 Å². The van der Waals surface area contributed by atoms with Crippen LogP contribution in [0.5, 0.6) is 17.2 Å². The van der Waals surface area contributed by atoms with Gasteiger partial charge in [-0.2, -0.15) is 5.10 Å². The summed E-state index contributed by atoms with van der Waals surface area (Å²) < 4.78 is 15.8. The van der Waals surface area contributed by atoms with Crippen molar-refractivity contribution in [2.75, 3.05) is 21.3 Å². The standard InChI is InChI=1S/C12H14N2O3/c1-15-10-7-12(17-3)11(16-2)6-8(10)9-4-5-13-14-9/h4-7H,1-3H3,(H,13,14). The van der Waals surface area contributed by atoms with E-state index in [1.807, 2.05) is 12.1 Å². The Morgan fingerprint density at radius 3 is 2.12 bits per heavy atom. The highest BCUT2D eigenvalue weighted by atomic mass is 16.5. The fourth-order valence-electron chi connectivity index (χ4n) is 1.65. The molecule has 5 heteroatoms. The van der Waals surface area contributed by atoms with Gasteiger partial charge in [-0.25, -0.2) is 0 Å². The van der Waals surface area contributed by atoms with Gasteiger partial charge in [0.25, 0.3) is 0 Å². The fraction of sp³-hybridized carbons (Fsp3) is 0.250. The van der Waals surface area contributed by atoms with Crippen LogP contribution in [0.25, 0.3) is 11.3 Å². The molecule has 0 spiro atoms. The first-order valence-corrected chi connectivity index (χ1v) is 5.10. The van der Waals surface area contributed by atoms with E-state index in [4.69, 9.17) is 14.2 Å². The zero-order valence-corrected chi connectivity index (χ0v) is 9.98. The van der Waals surface area contributed by atoms with E-state index in [0.717, 1.165) is 11.3 Å². The lowest BCUT2D eigenvalue weighted by atomic mass is 10.1. The molecule has 1 aromatic carbocycles. The van der Waals surface area contributed by atoms with Gasteiger partial charge in [0.15, 0.2) is 11.5 Å². The second kappa shape index (κ2) is 4.78. The molecule has 1 heterocycles. The predicted octanol–water partition coefficient (Wildman–Crippen LogP) is 2.10. The summed E-state index contributed by atoms with van der Waals surface area (Å²) in [6.45, 7) is 0. The van der Waals surface area contributed by atoms with Crippen LogP contribution in [0.2, 0.25) is 0 Å². The Morgan fingerprint density at radius 1 is 0.941 bits per heavy atom. The molecule has 0 amide bonds. The number of H-pyrrole nitrogens is 1. The summed E-state index contributed by atoms with van der Waals surface area (Å²) in [6.07, 6.45) is 1.69. The largest absolute Gasteiger partial charge is 0.496 e. The van der Waals surface area contributed by atoms with E-state index in [-0.39, 0.29) is 0 Å².